The third-order valence-corrected chi connectivity index (χ3v) is 5.46. The molecule has 25 heavy (non-hydrogen) atoms. The van der Waals surface area contributed by atoms with Gasteiger partial charge in [-0.3, -0.25) is 9.59 Å². The van der Waals surface area contributed by atoms with E-state index in [9.17, 15) is 9.59 Å². The van der Waals surface area contributed by atoms with Crippen molar-refractivity contribution < 1.29 is 14.3 Å². The molecule has 2 aliphatic rings. The third-order valence-electron chi connectivity index (χ3n) is 5.46. The fourth-order valence-electron chi connectivity index (χ4n) is 4.23. The molecule has 0 aromatic carbocycles. The molecule has 138 valence electrons. The average molecular weight is 346 g/mol. The molecule has 1 amide bonds. The highest BCUT2D eigenvalue weighted by Crippen LogP contribution is 2.39. The minimum absolute atomic E-state index is 0.00808. The van der Waals surface area contributed by atoms with E-state index in [1.807, 2.05) is 4.90 Å². The minimum Gasteiger partial charge on any atom is -0.378 e. The summed E-state index contributed by atoms with van der Waals surface area (Å²) in [4.78, 5) is 27.5. The number of morpholine rings is 1. The van der Waals surface area contributed by atoms with Gasteiger partial charge < -0.3 is 14.2 Å². The van der Waals surface area contributed by atoms with Crippen LogP contribution in [0.1, 0.15) is 60.9 Å². The van der Waals surface area contributed by atoms with Crippen molar-refractivity contribution >= 4 is 11.7 Å². The number of ether oxygens (including phenoxy) is 1. The summed E-state index contributed by atoms with van der Waals surface area (Å²) in [6, 6.07) is 0. The molecule has 0 unspecified atom stereocenters. The number of aromatic nitrogens is 1. The van der Waals surface area contributed by atoms with Gasteiger partial charge in [-0.1, -0.05) is 20.8 Å². The van der Waals surface area contributed by atoms with Gasteiger partial charge in [-0.25, -0.2) is 0 Å². The summed E-state index contributed by atoms with van der Waals surface area (Å²) in [6.45, 7) is 11.9. The fourth-order valence-corrected chi connectivity index (χ4v) is 4.23. The van der Waals surface area contributed by atoms with Crippen molar-refractivity contribution in [3.05, 3.63) is 22.5 Å². The van der Waals surface area contributed by atoms with Gasteiger partial charge in [0.05, 0.1) is 19.6 Å². The van der Waals surface area contributed by atoms with Crippen molar-refractivity contribution in [3.8, 4) is 0 Å². The number of Topliss-reactive ketones (excluding diaryl/α,β-unsaturated/α-hetero) is 1. The van der Waals surface area contributed by atoms with Gasteiger partial charge >= 0.3 is 0 Å². The molecule has 0 bridgehead atoms. The lowest BCUT2D eigenvalue weighted by Crippen LogP contribution is -2.41. The number of fused-ring (bicyclic) bond motifs is 1. The molecule has 0 spiro atoms. The minimum atomic E-state index is -0.00808. The molecule has 2 heterocycles. The highest BCUT2D eigenvalue weighted by molar-refractivity contribution is 6.01. The summed E-state index contributed by atoms with van der Waals surface area (Å²) < 4.78 is 7.63. The van der Waals surface area contributed by atoms with Crippen LogP contribution in [0.15, 0.2) is 0 Å². The molecule has 3 rings (SSSR count). The summed E-state index contributed by atoms with van der Waals surface area (Å²) in [5, 5.41) is 0. The molecule has 5 nitrogen and oxygen atoms in total. The van der Waals surface area contributed by atoms with E-state index >= 15 is 0 Å². The molecule has 1 aliphatic heterocycles. The largest absolute Gasteiger partial charge is 0.378 e. The van der Waals surface area contributed by atoms with E-state index < -0.39 is 0 Å². The number of hydrogen-bond acceptors (Lipinski definition) is 3. The van der Waals surface area contributed by atoms with E-state index in [-0.39, 0.29) is 17.1 Å². The quantitative estimate of drug-likeness (QED) is 0.842. The Morgan fingerprint density at radius 2 is 1.88 bits per heavy atom. The van der Waals surface area contributed by atoms with Crippen LogP contribution in [0.5, 0.6) is 0 Å². The Hall–Kier alpha value is -1.62. The molecule has 0 atom stereocenters. The van der Waals surface area contributed by atoms with Crippen molar-refractivity contribution in [2.24, 2.45) is 5.41 Å². The number of nitrogens with zero attached hydrogens (tertiary/aromatic N) is 2. The number of carbonyl (C=O) groups is 2. The Balaban J connectivity index is 1.96. The van der Waals surface area contributed by atoms with Crippen LogP contribution < -0.4 is 0 Å². The smallest absolute Gasteiger partial charge is 0.227 e. The first-order valence-corrected chi connectivity index (χ1v) is 9.43. The van der Waals surface area contributed by atoms with Crippen molar-refractivity contribution in [1.29, 1.82) is 0 Å². The molecule has 5 heteroatoms. The van der Waals surface area contributed by atoms with E-state index in [1.54, 1.807) is 0 Å². The van der Waals surface area contributed by atoms with Crippen LogP contribution in [0.2, 0.25) is 0 Å². The monoisotopic (exact) mass is 346 g/mol. The zero-order valence-corrected chi connectivity index (χ0v) is 16.0. The first kappa shape index (κ1) is 18.2. The lowest BCUT2D eigenvalue weighted by Gasteiger charge is -2.30. The van der Waals surface area contributed by atoms with Crippen LogP contribution in [-0.4, -0.2) is 47.5 Å². The number of ketones is 1. The first-order chi connectivity index (χ1) is 11.8. The van der Waals surface area contributed by atoms with Gasteiger partial charge in [-0.05, 0) is 30.7 Å². The Bertz CT molecular complexity index is 682. The second kappa shape index (κ2) is 6.94. The predicted octanol–water partition coefficient (Wildman–Crippen LogP) is 2.76. The SMILES string of the molecule is CCCn1c(C)c(CC(=O)N2CCOCC2)c2c1CC(C)(C)CC2=O. The van der Waals surface area contributed by atoms with Crippen LogP contribution in [0, 0.1) is 12.3 Å². The maximum atomic E-state index is 12.9. The molecule has 1 aliphatic carbocycles. The number of rotatable bonds is 4. The van der Waals surface area contributed by atoms with Gasteiger partial charge in [-0.2, -0.15) is 0 Å². The van der Waals surface area contributed by atoms with Crippen LogP contribution >= 0.6 is 0 Å². The van der Waals surface area contributed by atoms with Crippen LogP contribution in [0.3, 0.4) is 0 Å². The van der Waals surface area contributed by atoms with E-state index in [0.29, 0.717) is 39.1 Å². The molecule has 1 aromatic rings. The van der Waals surface area contributed by atoms with Crippen LogP contribution in [-0.2, 0) is 28.9 Å². The molecular weight excluding hydrogens is 316 g/mol. The number of amides is 1. The molecular formula is C20H30N2O3. The average Bonchev–Trinajstić information content (AvgIpc) is 2.80. The molecule has 1 fully saturated rings. The third kappa shape index (κ3) is 3.52. The predicted molar refractivity (Wildman–Crippen MR) is 97.0 cm³/mol. The molecule has 0 radical (unpaired) electrons. The summed E-state index contributed by atoms with van der Waals surface area (Å²) in [7, 11) is 0. The Morgan fingerprint density at radius 3 is 2.52 bits per heavy atom. The van der Waals surface area contributed by atoms with Gasteiger partial charge in [0, 0.05) is 43.0 Å². The van der Waals surface area contributed by atoms with Gasteiger partial charge in [0.2, 0.25) is 5.91 Å². The zero-order valence-electron chi connectivity index (χ0n) is 16.0. The second-order valence-corrected chi connectivity index (χ2v) is 8.15. The van der Waals surface area contributed by atoms with Crippen molar-refractivity contribution in [1.82, 2.24) is 9.47 Å². The Morgan fingerprint density at radius 1 is 1.20 bits per heavy atom. The highest BCUT2D eigenvalue weighted by atomic mass is 16.5. The van der Waals surface area contributed by atoms with Crippen LogP contribution in [0.4, 0.5) is 0 Å². The summed E-state index contributed by atoms with van der Waals surface area (Å²) in [5.74, 6) is 0.314. The first-order valence-electron chi connectivity index (χ1n) is 9.43. The maximum Gasteiger partial charge on any atom is 0.227 e. The summed E-state index contributed by atoms with van der Waals surface area (Å²) in [5.41, 5.74) is 4.03. The van der Waals surface area contributed by atoms with Crippen molar-refractivity contribution in [3.63, 3.8) is 0 Å². The highest BCUT2D eigenvalue weighted by Gasteiger charge is 2.37. The number of carbonyl (C=O) groups excluding carboxylic acids is 2. The normalized spacial score (nSPS) is 19.8. The van der Waals surface area contributed by atoms with E-state index in [4.69, 9.17) is 4.74 Å². The summed E-state index contributed by atoms with van der Waals surface area (Å²) >= 11 is 0. The van der Waals surface area contributed by atoms with E-state index in [1.165, 1.54) is 0 Å². The van der Waals surface area contributed by atoms with Crippen LogP contribution in [0.25, 0.3) is 0 Å². The van der Waals surface area contributed by atoms with E-state index in [2.05, 4.69) is 32.3 Å². The topological polar surface area (TPSA) is 51.5 Å². The van der Waals surface area contributed by atoms with Gasteiger partial charge in [0.25, 0.3) is 0 Å². The van der Waals surface area contributed by atoms with Crippen molar-refractivity contribution in [2.75, 3.05) is 26.3 Å². The Labute approximate surface area is 150 Å². The fraction of sp³-hybridized carbons (Fsp3) is 0.700. The zero-order chi connectivity index (χ0) is 18.2. The lowest BCUT2D eigenvalue weighted by atomic mass is 9.75. The second-order valence-electron chi connectivity index (χ2n) is 8.15. The molecule has 1 saturated heterocycles. The molecule has 1 aromatic heterocycles. The lowest BCUT2D eigenvalue weighted by molar-refractivity contribution is -0.134. The summed E-state index contributed by atoms with van der Waals surface area (Å²) in [6.07, 6.45) is 2.82. The standard InChI is InChI=1S/C20H30N2O3/c1-5-6-22-14(2)15(11-18(24)21-7-9-25-10-8-21)19-16(22)12-20(3,4)13-17(19)23/h5-13H2,1-4H3. The van der Waals surface area contributed by atoms with E-state index in [0.717, 1.165) is 41.9 Å². The Kier molecular flexibility index (Phi) is 5.05. The van der Waals surface area contributed by atoms with Gasteiger partial charge in [0.1, 0.15) is 0 Å². The molecule has 0 N–H and O–H groups in total. The maximum absolute atomic E-state index is 12.9. The number of hydrogen-bond donors (Lipinski definition) is 0. The molecule has 0 saturated carbocycles. The van der Waals surface area contributed by atoms with Gasteiger partial charge in [-0.15, -0.1) is 0 Å². The van der Waals surface area contributed by atoms with Crippen molar-refractivity contribution in [2.45, 2.75) is 59.9 Å². The van der Waals surface area contributed by atoms with Gasteiger partial charge in [0.15, 0.2) is 5.78 Å².